The third-order valence-corrected chi connectivity index (χ3v) is 2.63. The van der Waals surface area contributed by atoms with Crippen molar-refractivity contribution in [3.05, 3.63) is 52.4 Å². The molecule has 18 heavy (non-hydrogen) atoms. The summed E-state index contributed by atoms with van der Waals surface area (Å²) in [6, 6.07) is 7.53. The molecule has 0 radical (unpaired) electrons. The van der Waals surface area contributed by atoms with Crippen molar-refractivity contribution in [2.24, 2.45) is 5.73 Å². The van der Waals surface area contributed by atoms with E-state index >= 15 is 0 Å². The highest BCUT2D eigenvalue weighted by Crippen LogP contribution is 2.29. The summed E-state index contributed by atoms with van der Waals surface area (Å²) >= 11 is 5.88. The van der Waals surface area contributed by atoms with Gasteiger partial charge in [-0.05, 0) is 36.8 Å². The van der Waals surface area contributed by atoms with Crippen molar-refractivity contribution in [1.82, 2.24) is 4.98 Å². The van der Waals surface area contributed by atoms with Crippen LogP contribution in [0.2, 0.25) is 5.02 Å². The Balaban J connectivity index is 2.30. The molecule has 1 heterocycles. The van der Waals surface area contributed by atoms with Crippen LogP contribution in [0.1, 0.15) is 11.3 Å². The summed E-state index contributed by atoms with van der Waals surface area (Å²) in [5.74, 6) is 0.343. The average Bonchev–Trinajstić information content (AvgIpc) is 2.32. The number of aryl methyl sites for hydroxylation is 1. The molecule has 0 amide bonds. The van der Waals surface area contributed by atoms with Crippen molar-refractivity contribution >= 4 is 11.6 Å². The van der Waals surface area contributed by atoms with Gasteiger partial charge in [-0.3, -0.25) is 0 Å². The standard InChI is InChI=1S/C13H12ClFN2O/c1-8-4-9(7-16)5-13(17-8)18-12-3-2-10(15)6-11(12)14/h2-6H,7,16H2,1H3. The number of nitrogens with two attached hydrogens (primary N) is 1. The van der Waals surface area contributed by atoms with Crippen LogP contribution in [0.25, 0.3) is 0 Å². The molecule has 0 spiro atoms. The Kier molecular flexibility index (Phi) is 3.79. The second-order valence-electron chi connectivity index (χ2n) is 3.84. The fourth-order valence-corrected chi connectivity index (χ4v) is 1.75. The maximum atomic E-state index is 12.9. The summed E-state index contributed by atoms with van der Waals surface area (Å²) in [6.45, 7) is 2.25. The maximum Gasteiger partial charge on any atom is 0.219 e. The molecule has 0 aliphatic rings. The molecule has 0 bridgehead atoms. The van der Waals surface area contributed by atoms with E-state index in [-0.39, 0.29) is 5.02 Å². The van der Waals surface area contributed by atoms with Gasteiger partial charge < -0.3 is 10.5 Å². The van der Waals surface area contributed by atoms with Crippen molar-refractivity contribution < 1.29 is 9.13 Å². The predicted octanol–water partition coefficient (Wildman–Crippen LogP) is 3.43. The first-order valence-corrected chi connectivity index (χ1v) is 5.77. The average molecular weight is 267 g/mol. The van der Waals surface area contributed by atoms with E-state index in [9.17, 15) is 4.39 Å². The van der Waals surface area contributed by atoms with Gasteiger partial charge in [0, 0.05) is 18.3 Å². The van der Waals surface area contributed by atoms with Gasteiger partial charge in [0.15, 0.2) is 0 Å². The van der Waals surface area contributed by atoms with Crippen LogP contribution in [0.5, 0.6) is 11.6 Å². The lowest BCUT2D eigenvalue weighted by molar-refractivity contribution is 0.459. The van der Waals surface area contributed by atoms with Crippen molar-refractivity contribution in [1.29, 1.82) is 0 Å². The van der Waals surface area contributed by atoms with Crippen LogP contribution in [0, 0.1) is 12.7 Å². The van der Waals surface area contributed by atoms with Gasteiger partial charge in [0.25, 0.3) is 0 Å². The summed E-state index contributed by atoms with van der Waals surface area (Å²) < 4.78 is 18.4. The molecular formula is C13H12ClFN2O. The van der Waals surface area contributed by atoms with Crippen LogP contribution >= 0.6 is 11.6 Å². The van der Waals surface area contributed by atoms with Gasteiger partial charge in [-0.2, -0.15) is 0 Å². The minimum Gasteiger partial charge on any atom is -0.437 e. The molecular weight excluding hydrogens is 255 g/mol. The zero-order valence-corrected chi connectivity index (χ0v) is 10.5. The molecule has 0 fully saturated rings. The predicted molar refractivity (Wildman–Crippen MR) is 68.3 cm³/mol. The van der Waals surface area contributed by atoms with Crippen LogP contribution in [-0.4, -0.2) is 4.98 Å². The lowest BCUT2D eigenvalue weighted by Gasteiger charge is -2.08. The van der Waals surface area contributed by atoms with Crippen LogP contribution < -0.4 is 10.5 Å². The van der Waals surface area contributed by atoms with E-state index in [0.29, 0.717) is 18.2 Å². The van der Waals surface area contributed by atoms with Gasteiger partial charge in [-0.15, -0.1) is 0 Å². The van der Waals surface area contributed by atoms with Gasteiger partial charge in [-0.1, -0.05) is 11.6 Å². The number of benzene rings is 1. The Morgan fingerprint density at radius 2 is 2.11 bits per heavy atom. The first-order chi connectivity index (χ1) is 8.58. The van der Waals surface area contributed by atoms with Gasteiger partial charge >= 0.3 is 0 Å². The van der Waals surface area contributed by atoms with Crippen molar-refractivity contribution in [3.63, 3.8) is 0 Å². The lowest BCUT2D eigenvalue weighted by Crippen LogP contribution is -1.99. The summed E-state index contributed by atoms with van der Waals surface area (Å²) in [5, 5.41) is 0.201. The Labute approximate surface area is 109 Å². The number of rotatable bonds is 3. The molecule has 0 atom stereocenters. The molecule has 3 nitrogen and oxygen atoms in total. The largest absolute Gasteiger partial charge is 0.437 e. The van der Waals surface area contributed by atoms with Crippen molar-refractivity contribution in [2.75, 3.05) is 0 Å². The first-order valence-electron chi connectivity index (χ1n) is 5.39. The topological polar surface area (TPSA) is 48.1 Å². The number of hydrogen-bond acceptors (Lipinski definition) is 3. The fourth-order valence-electron chi connectivity index (χ4n) is 1.55. The monoisotopic (exact) mass is 266 g/mol. The third kappa shape index (κ3) is 2.97. The quantitative estimate of drug-likeness (QED) is 0.926. The maximum absolute atomic E-state index is 12.9. The molecule has 0 saturated carbocycles. The summed E-state index contributed by atoms with van der Waals surface area (Å²) in [4.78, 5) is 4.21. The molecule has 0 saturated heterocycles. The van der Waals surface area contributed by atoms with Gasteiger partial charge in [0.1, 0.15) is 11.6 Å². The van der Waals surface area contributed by atoms with Crippen molar-refractivity contribution in [3.8, 4) is 11.6 Å². The van der Waals surface area contributed by atoms with Gasteiger partial charge in [-0.25, -0.2) is 9.37 Å². The van der Waals surface area contributed by atoms with E-state index in [4.69, 9.17) is 22.1 Å². The fraction of sp³-hybridized carbons (Fsp3) is 0.154. The molecule has 1 aromatic heterocycles. The van der Waals surface area contributed by atoms with E-state index in [2.05, 4.69) is 4.98 Å². The molecule has 2 N–H and O–H groups in total. The number of aromatic nitrogens is 1. The Bertz CT molecular complexity index is 575. The van der Waals surface area contributed by atoms with Crippen LogP contribution in [0.4, 0.5) is 4.39 Å². The van der Waals surface area contributed by atoms with Gasteiger partial charge in [0.05, 0.1) is 5.02 Å². The van der Waals surface area contributed by atoms with Crippen LogP contribution in [0.15, 0.2) is 30.3 Å². The second kappa shape index (κ2) is 5.33. The van der Waals surface area contributed by atoms with Crippen molar-refractivity contribution in [2.45, 2.75) is 13.5 Å². The number of ether oxygens (including phenoxy) is 1. The number of halogens is 2. The molecule has 0 unspecified atom stereocenters. The molecule has 94 valence electrons. The number of nitrogens with zero attached hydrogens (tertiary/aromatic N) is 1. The number of pyridine rings is 1. The second-order valence-corrected chi connectivity index (χ2v) is 4.24. The molecule has 2 aromatic rings. The van der Waals surface area contributed by atoms with Gasteiger partial charge in [0.2, 0.25) is 5.88 Å². The summed E-state index contributed by atoms with van der Waals surface area (Å²) in [7, 11) is 0. The lowest BCUT2D eigenvalue weighted by atomic mass is 10.2. The molecule has 1 aromatic carbocycles. The normalized spacial score (nSPS) is 10.4. The minimum absolute atomic E-state index is 0.201. The summed E-state index contributed by atoms with van der Waals surface area (Å²) in [6.07, 6.45) is 0. The smallest absolute Gasteiger partial charge is 0.219 e. The van der Waals surface area contributed by atoms with E-state index in [1.165, 1.54) is 18.2 Å². The molecule has 0 aliphatic heterocycles. The van der Waals surface area contributed by atoms with E-state index in [1.807, 2.05) is 13.0 Å². The van der Waals surface area contributed by atoms with E-state index < -0.39 is 5.82 Å². The minimum atomic E-state index is -0.410. The van der Waals surface area contributed by atoms with Crippen LogP contribution in [0.3, 0.4) is 0 Å². The molecule has 0 aliphatic carbocycles. The highest BCUT2D eigenvalue weighted by molar-refractivity contribution is 6.32. The van der Waals surface area contributed by atoms with Crippen LogP contribution in [-0.2, 0) is 6.54 Å². The molecule has 2 rings (SSSR count). The first kappa shape index (κ1) is 12.8. The Morgan fingerprint density at radius 1 is 1.33 bits per heavy atom. The summed E-state index contributed by atoms with van der Waals surface area (Å²) in [5.41, 5.74) is 7.28. The highest BCUT2D eigenvalue weighted by atomic mass is 35.5. The molecule has 5 heteroatoms. The third-order valence-electron chi connectivity index (χ3n) is 2.33. The van der Waals surface area contributed by atoms with E-state index in [1.54, 1.807) is 6.07 Å². The number of hydrogen-bond donors (Lipinski definition) is 1. The zero-order chi connectivity index (χ0) is 13.1. The Morgan fingerprint density at radius 3 is 2.78 bits per heavy atom. The highest BCUT2D eigenvalue weighted by Gasteiger charge is 2.06. The zero-order valence-electron chi connectivity index (χ0n) is 9.78. The van der Waals surface area contributed by atoms with E-state index in [0.717, 1.165) is 11.3 Å². The Hall–Kier alpha value is -1.65. The SMILES string of the molecule is Cc1cc(CN)cc(Oc2ccc(F)cc2Cl)n1.